The SMILES string of the molecule is Cc1cccc(C2CCN(C(=O)Cn3nc(C(=O)N4CC[C@](C)(O)C4)c4c3CCC4)CC2)c1C. The molecule has 2 fully saturated rings. The molecule has 0 saturated carbocycles. The minimum Gasteiger partial charge on any atom is -0.388 e. The zero-order valence-electron chi connectivity index (χ0n) is 20.6. The van der Waals surface area contributed by atoms with Crippen molar-refractivity contribution >= 4 is 11.8 Å². The number of carbonyl (C=O) groups is 2. The second-order valence-corrected chi connectivity index (χ2v) is 10.7. The van der Waals surface area contributed by atoms with Gasteiger partial charge in [0.15, 0.2) is 5.69 Å². The van der Waals surface area contributed by atoms with Gasteiger partial charge in [0.05, 0.1) is 5.60 Å². The van der Waals surface area contributed by atoms with Gasteiger partial charge in [-0.3, -0.25) is 14.3 Å². The summed E-state index contributed by atoms with van der Waals surface area (Å²) in [6, 6.07) is 6.52. The van der Waals surface area contributed by atoms with Crippen LogP contribution in [-0.2, 0) is 24.2 Å². The van der Waals surface area contributed by atoms with Crippen molar-refractivity contribution in [3.05, 3.63) is 51.8 Å². The Labute approximate surface area is 201 Å². The minimum atomic E-state index is -0.833. The van der Waals surface area contributed by atoms with E-state index in [1.807, 2.05) is 4.90 Å². The lowest BCUT2D eigenvalue weighted by molar-refractivity contribution is -0.133. The molecule has 182 valence electrons. The van der Waals surface area contributed by atoms with Gasteiger partial charge in [0.2, 0.25) is 5.91 Å². The highest BCUT2D eigenvalue weighted by atomic mass is 16.3. The summed E-state index contributed by atoms with van der Waals surface area (Å²) in [5.41, 5.74) is 5.79. The molecule has 2 aromatic rings. The smallest absolute Gasteiger partial charge is 0.274 e. The molecule has 7 nitrogen and oxygen atoms in total. The monoisotopic (exact) mass is 464 g/mol. The van der Waals surface area contributed by atoms with Crippen LogP contribution in [-0.4, -0.2) is 68.3 Å². The number of amides is 2. The molecular weight excluding hydrogens is 428 g/mol. The van der Waals surface area contributed by atoms with E-state index in [2.05, 4.69) is 37.1 Å². The average Bonchev–Trinajstić information content (AvgIpc) is 3.51. The van der Waals surface area contributed by atoms with E-state index in [0.717, 1.165) is 56.5 Å². The van der Waals surface area contributed by atoms with Gasteiger partial charge >= 0.3 is 0 Å². The average molecular weight is 465 g/mol. The number of aliphatic hydroxyl groups is 1. The van der Waals surface area contributed by atoms with E-state index < -0.39 is 5.60 Å². The van der Waals surface area contributed by atoms with Crippen LogP contribution in [0.15, 0.2) is 18.2 Å². The molecule has 1 aromatic heterocycles. The van der Waals surface area contributed by atoms with Crippen molar-refractivity contribution in [2.75, 3.05) is 26.2 Å². The van der Waals surface area contributed by atoms with Crippen LogP contribution in [0.2, 0.25) is 0 Å². The third-order valence-corrected chi connectivity index (χ3v) is 8.17. The Kier molecular flexibility index (Phi) is 6.00. The maximum atomic E-state index is 13.2. The lowest BCUT2D eigenvalue weighted by Crippen LogP contribution is -2.40. The highest BCUT2D eigenvalue weighted by molar-refractivity contribution is 5.94. The van der Waals surface area contributed by atoms with Crippen LogP contribution in [0.5, 0.6) is 0 Å². The zero-order chi connectivity index (χ0) is 24.0. The number of rotatable bonds is 4. The molecule has 1 atom stereocenters. The summed E-state index contributed by atoms with van der Waals surface area (Å²) in [7, 11) is 0. The molecule has 0 spiro atoms. The first-order valence-corrected chi connectivity index (χ1v) is 12.7. The van der Waals surface area contributed by atoms with Crippen molar-refractivity contribution in [1.82, 2.24) is 19.6 Å². The number of aromatic nitrogens is 2. The molecule has 0 unspecified atom stereocenters. The molecular formula is C27H36N4O3. The predicted molar refractivity (Wildman–Crippen MR) is 130 cm³/mol. The molecule has 1 N–H and O–H groups in total. The van der Waals surface area contributed by atoms with Gasteiger partial charge in [0.25, 0.3) is 5.91 Å². The summed E-state index contributed by atoms with van der Waals surface area (Å²) in [6.45, 7) is 8.72. The maximum Gasteiger partial charge on any atom is 0.274 e. The van der Waals surface area contributed by atoms with Crippen molar-refractivity contribution in [2.24, 2.45) is 0 Å². The first-order chi connectivity index (χ1) is 16.2. The largest absolute Gasteiger partial charge is 0.388 e. The Morgan fingerprint density at radius 3 is 2.59 bits per heavy atom. The van der Waals surface area contributed by atoms with E-state index in [1.165, 1.54) is 16.7 Å². The van der Waals surface area contributed by atoms with Gasteiger partial charge in [-0.05, 0) is 81.9 Å². The Morgan fingerprint density at radius 1 is 1.12 bits per heavy atom. The normalized spacial score (nSPS) is 22.9. The highest BCUT2D eigenvalue weighted by Gasteiger charge is 2.37. The van der Waals surface area contributed by atoms with Crippen molar-refractivity contribution in [2.45, 2.75) is 77.4 Å². The third kappa shape index (κ3) is 4.26. The van der Waals surface area contributed by atoms with Crippen LogP contribution < -0.4 is 0 Å². The van der Waals surface area contributed by atoms with E-state index in [4.69, 9.17) is 0 Å². The topological polar surface area (TPSA) is 78.7 Å². The molecule has 7 heteroatoms. The van der Waals surface area contributed by atoms with E-state index in [-0.39, 0.29) is 18.4 Å². The number of β-amino-alcohol motifs (C(OH)–C–C–N with tert-alkyl or cyclic N) is 1. The van der Waals surface area contributed by atoms with Crippen molar-refractivity contribution in [1.29, 1.82) is 0 Å². The van der Waals surface area contributed by atoms with Crippen LogP contribution in [0.25, 0.3) is 0 Å². The molecule has 0 bridgehead atoms. The lowest BCUT2D eigenvalue weighted by Gasteiger charge is -2.33. The summed E-state index contributed by atoms with van der Waals surface area (Å²) in [4.78, 5) is 30.0. The summed E-state index contributed by atoms with van der Waals surface area (Å²) < 4.78 is 1.78. The molecule has 5 rings (SSSR count). The lowest BCUT2D eigenvalue weighted by atomic mass is 9.85. The Hall–Kier alpha value is -2.67. The minimum absolute atomic E-state index is 0.0831. The molecule has 2 aliphatic heterocycles. The fourth-order valence-electron chi connectivity index (χ4n) is 5.96. The zero-order valence-corrected chi connectivity index (χ0v) is 20.6. The van der Waals surface area contributed by atoms with Crippen molar-refractivity contribution in [3.63, 3.8) is 0 Å². The van der Waals surface area contributed by atoms with Gasteiger partial charge in [-0.15, -0.1) is 0 Å². The van der Waals surface area contributed by atoms with E-state index in [9.17, 15) is 14.7 Å². The number of benzene rings is 1. The van der Waals surface area contributed by atoms with E-state index >= 15 is 0 Å². The molecule has 2 saturated heterocycles. The van der Waals surface area contributed by atoms with Crippen molar-refractivity contribution < 1.29 is 14.7 Å². The Bertz CT molecular complexity index is 1110. The molecule has 0 radical (unpaired) electrons. The number of nitrogens with zero attached hydrogens (tertiary/aromatic N) is 4. The van der Waals surface area contributed by atoms with Gasteiger partial charge in [0.1, 0.15) is 6.54 Å². The van der Waals surface area contributed by atoms with Gasteiger partial charge < -0.3 is 14.9 Å². The third-order valence-electron chi connectivity index (χ3n) is 8.17. The highest BCUT2D eigenvalue weighted by Crippen LogP contribution is 2.32. The molecule has 2 amide bonds. The summed E-state index contributed by atoms with van der Waals surface area (Å²) in [5, 5.41) is 14.9. The van der Waals surface area contributed by atoms with Crippen LogP contribution in [0.4, 0.5) is 0 Å². The quantitative estimate of drug-likeness (QED) is 0.755. The molecule has 34 heavy (non-hydrogen) atoms. The fourth-order valence-corrected chi connectivity index (χ4v) is 5.96. The second-order valence-electron chi connectivity index (χ2n) is 10.7. The van der Waals surface area contributed by atoms with Crippen LogP contribution >= 0.6 is 0 Å². The second kappa shape index (κ2) is 8.84. The van der Waals surface area contributed by atoms with Gasteiger partial charge in [0, 0.05) is 37.4 Å². The van der Waals surface area contributed by atoms with Gasteiger partial charge in [-0.2, -0.15) is 5.10 Å². The fraction of sp³-hybridized carbons (Fsp3) is 0.593. The standard InChI is InChI=1S/C27H36N4O3/c1-18-6-4-7-21(19(18)2)20-10-13-29(14-11-20)24(32)16-31-23-9-5-8-22(23)25(28-31)26(33)30-15-12-27(3,34)17-30/h4,6-7,20,34H,5,8-17H2,1-3H3/t27-/m0/s1. The first-order valence-electron chi connectivity index (χ1n) is 12.7. The Morgan fingerprint density at radius 2 is 1.88 bits per heavy atom. The molecule has 1 aromatic carbocycles. The molecule has 1 aliphatic carbocycles. The number of aryl methyl sites for hydroxylation is 1. The number of hydrogen-bond acceptors (Lipinski definition) is 4. The number of carbonyl (C=O) groups excluding carboxylic acids is 2. The number of piperidine rings is 1. The predicted octanol–water partition coefficient (Wildman–Crippen LogP) is 2.99. The van der Waals surface area contributed by atoms with Gasteiger partial charge in [-0.1, -0.05) is 18.2 Å². The van der Waals surface area contributed by atoms with Crippen LogP contribution in [0.1, 0.15) is 77.0 Å². The van der Waals surface area contributed by atoms with Crippen molar-refractivity contribution in [3.8, 4) is 0 Å². The van der Waals surface area contributed by atoms with Crippen LogP contribution in [0.3, 0.4) is 0 Å². The maximum absolute atomic E-state index is 13.2. The molecule has 3 heterocycles. The van der Waals surface area contributed by atoms with E-state index in [1.54, 1.807) is 16.5 Å². The molecule has 3 aliphatic rings. The van der Waals surface area contributed by atoms with Gasteiger partial charge in [-0.25, -0.2) is 0 Å². The Balaban J connectivity index is 1.25. The summed E-state index contributed by atoms with van der Waals surface area (Å²) >= 11 is 0. The summed E-state index contributed by atoms with van der Waals surface area (Å²) in [5.74, 6) is 0.468. The number of likely N-dealkylation sites (tertiary alicyclic amines) is 2. The summed E-state index contributed by atoms with van der Waals surface area (Å²) in [6.07, 6.45) is 5.21. The first kappa shape index (κ1) is 23.1. The number of hydrogen-bond donors (Lipinski definition) is 1. The van der Waals surface area contributed by atoms with Crippen LogP contribution in [0, 0.1) is 13.8 Å². The van der Waals surface area contributed by atoms with E-state index in [0.29, 0.717) is 31.1 Å². The number of fused-ring (bicyclic) bond motifs is 1.